The van der Waals surface area contributed by atoms with E-state index in [2.05, 4.69) is 10.3 Å². The Kier molecular flexibility index (Phi) is 5.72. The van der Waals surface area contributed by atoms with Crippen LogP contribution in [-0.4, -0.2) is 55.3 Å². The van der Waals surface area contributed by atoms with Gasteiger partial charge < -0.3 is 16.0 Å². The Morgan fingerprint density at radius 1 is 1.40 bits per heavy atom. The molecule has 0 aromatic heterocycles. The number of nitrogens with one attached hydrogen (secondary N) is 1. The molecule has 1 aromatic rings. The van der Waals surface area contributed by atoms with E-state index >= 15 is 0 Å². The molecule has 0 bridgehead atoms. The number of rotatable bonds is 4. The summed E-state index contributed by atoms with van der Waals surface area (Å²) in [6, 6.07) is 7.04. The van der Waals surface area contributed by atoms with Crippen molar-refractivity contribution in [3.63, 3.8) is 0 Å². The minimum Gasteiger partial charge on any atom is -0.366 e. The quantitative estimate of drug-likeness (QED) is 0.605. The van der Waals surface area contributed by atoms with Gasteiger partial charge in [-0.1, -0.05) is 12.1 Å². The number of nitrogens with zero attached hydrogens (tertiary/aromatic N) is 2. The smallest absolute Gasteiger partial charge is 0.248 e. The maximum atomic E-state index is 12.2. The van der Waals surface area contributed by atoms with Crippen molar-refractivity contribution in [1.82, 2.24) is 10.2 Å². The number of carbonyl (C=O) groups excluding carboxylic acids is 1. The number of benzene rings is 1. The van der Waals surface area contributed by atoms with Crippen LogP contribution in [0.4, 0.5) is 0 Å². The molecule has 1 aliphatic rings. The Bertz CT molecular complexity index is 772. The molecule has 2 rings (SSSR count). The first-order chi connectivity index (χ1) is 11.7. The number of hydrogen-bond acceptors (Lipinski definition) is 4. The number of guanidine groups is 1. The number of hydrogen-bond donors (Lipinski definition) is 2. The van der Waals surface area contributed by atoms with Crippen LogP contribution >= 0.6 is 0 Å². The fourth-order valence-electron chi connectivity index (χ4n) is 2.74. The SMILES string of the molecule is CCNC(=NCc1cccc(C(N)=O)c1)N1CCS(=O)(=O)C(C)(C)C1. The van der Waals surface area contributed by atoms with E-state index in [1.54, 1.807) is 32.0 Å². The number of nitrogens with two attached hydrogens (primary N) is 1. The first-order valence-electron chi connectivity index (χ1n) is 8.30. The first-order valence-corrected chi connectivity index (χ1v) is 9.96. The Balaban J connectivity index is 2.19. The molecule has 0 radical (unpaired) electrons. The molecular weight excluding hydrogens is 340 g/mol. The lowest BCUT2D eigenvalue weighted by molar-refractivity contribution is 0.1000. The second-order valence-electron chi connectivity index (χ2n) is 6.73. The van der Waals surface area contributed by atoms with Crippen LogP contribution in [0, 0.1) is 0 Å². The predicted molar refractivity (Wildman–Crippen MR) is 99.2 cm³/mol. The van der Waals surface area contributed by atoms with Crippen molar-refractivity contribution in [1.29, 1.82) is 0 Å². The number of aliphatic imine (C=N–C) groups is 1. The predicted octanol–water partition coefficient (Wildman–Crippen LogP) is 0.760. The first kappa shape index (κ1) is 19.2. The minimum atomic E-state index is -3.10. The molecule has 8 heteroatoms. The average molecular weight is 366 g/mol. The van der Waals surface area contributed by atoms with Crippen molar-refractivity contribution in [2.75, 3.05) is 25.4 Å². The molecule has 138 valence electrons. The van der Waals surface area contributed by atoms with Gasteiger partial charge >= 0.3 is 0 Å². The van der Waals surface area contributed by atoms with Crippen LogP contribution in [0.15, 0.2) is 29.3 Å². The van der Waals surface area contributed by atoms with E-state index in [0.29, 0.717) is 37.7 Å². The molecule has 1 amide bonds. The standard InChI is InChI=1S/C17H26N4O3S/c1-4-19-16(21-8-9-25(23,24)17(2,3)12-21)20-11-13-6-5-7-14(10-13)15(18)22/h5-7,10H,4,8-9,11-12H2,1-3H3,(H2,18,22)(H,19,20). The maximum absolute atomic E-state index is 12.2. The topological polar surface area (TPSA) is 105 Å². The molecule has 3 N–H and O–H groups in total. The van der Waals surface area contributed by atoms with E-state index in [-0.39, 0.29) is 5.75 Å². The van der Waals surface area contributed by atoms with Gasteiger partial charge in [0, 0.05) is 25.2 Å². The van der Waals surface area contributed by atoms with Gasteiger partial charge in [-0.25, -0.2) is 13.4 Å². The van der Waals surface area contributed by atoms with Crippen molar-refractivity contribution in [2.45, 2.75) is 32.1 Å². The third kappa shape index (κ3) is 4.50. The molecule has 7 nitrogen and oxygen atoms in total. The number of amides is 1. The van der Waals surface area contributed by atoms with E-state index in [0.717, 1.165) is 5.56 Å². The van der Waals surface area contributed by atoms with Crippen molar-refractivity contribution >= 4 is 21.7 Å². The summed E-state index contributed by atoms with van der Waals surface area (Å²) in [5.41, 5.74) is 6.62. The van der Waals surface area contributed by atoms with Crippen molar-refractivity contribution in [3.8, 4) is 0 Å². The monoisotopic (exact) mass is 366 g/mol. The van der Waals surface area contributed by atoms with Gasteiger partial charge in [0.2, 0.25) is 5.91 Å². The van der Waals surface area contributed by atoms with Gasteiger partial charge in [0.25, 0.3) is 0 Å². The zero-order valence-electron chi connectivity index (χ0n) is 14.9. The highest BCUT2D eigenvalue weighted by Gasteiger charge is 2.40. The van der Waals surface area contributed by atoms with Crippen LogP contribution in [0.2, 0.25) is 0 Å². The molecule has 0 unspecified atom stereocenters. The molecule has 25 heavy (non-hydrogen) atoms. The Morgan fingerprint density at radius 3 is 2.72 bits per heavy atom. The highest BCUT2D eigenvalue weighted by atomic mass is 32.2. The van der Waals surface area contributed by atoms with Gasteiger partial charge in [0.15, 0.2) is 15.8 Å². The van der Waals surface area contributed by atoms with E-state index in [4.69, 9.17) is 5.73 Å². The number of primary amides is 1. The van der Waals surface area contributed by atoms with Gasteiger partial charge in [-0.3, -0.25) is 4.79 Å². The lowest BCUT2D eigenvalue weighted by Gasteiger charge is -2.39. The molecule has 1 heterocycles. The molecule has 1 saturated heterocycles. The third-order valence-electron chi connectivity index (χ3n) is 4.30. The summed E-state index contributed by atoms with van der Waals surface area (Å²) < 4.78 is 23.5. The number of sulfone groups is 1. The molecule has 1 aromatic carbocycles. The lowest BCUT2D eigenvalue weighted by atomic mass is 10.1. The van der Waals surface area contributed by atoms with Gasteiger partial charge in [-0.15, -0.1) is 0 Å². The summed E-state index contributed by atoms with van der Waals surface area (Å²) in [6.45, 7) is 7.33. The van der Waals surface area contributed by atoms with Gasteiger partial charge in [0.1, 0.15) is 0 Å². The van der Waals surface area contributed by atoms with Gasteiger partial charge in [-0.2, -0.15) is 0 Å². The molecule has 0 aliphatic carbocycles. The molecule has 1 fully saturated rings. The van der Waals surface area contributed by atoms with Crippen LogP contribution in [-0.2, 0) is 16.4 Å². The van der Waals surface area contributed by atoms with E-state index < -0.39 is 20.5 Å². The zero-order valence-corrected chi connectivity index (χ0v) is 15.8. The maximum Gasteiger partial charge on any atom is 0.248 e. The Morgan fingerprint density at radius 2 is 2.12 bits per heavy atom. The van der Waals surface area contributed by atoms with Crippen LogP contribution in [0.3, 0.4) is 0 Å². The molecule has 1 aliphatic heterocycles. The lowest BCUT2D eigenvalue weighted by Crippen LogP contribution is -2.57. The summed E-state index contributed by atoms with van der Waals surface area (Å²) in [5.74, 6) is 0.317. The summed E-state index contributed by atoms with van der Waals surface area (Å²) in [7, 11) is -3.10. The third-order valence-corrected chi connectivity index (χ3v) is 6.83. The van der Waals surface area contributed by atoms with Crippen LogP contribution in [0.1, 0.15) is 36.7 Å². The largest absolute Gasteiger partial charge is 0.366 e. The summed E-state index contributed by atoms with van der Waals surface area (Å²) in [6.07, 6.45) is 0. The van der Waals surface area contributed by atoms with Crippen molar-refractivity contribution < 1.29 is 13.2 Å². The fraction of sp³-hybridized carbons (Fsp3) is 0.529. The van der Waals surface area contributed by atoms with Crippen LogP contribution in [0.25, 0.3) is 0 Å². The zero-order chi connectivity index (χ0) is 18.7. The van der Waals surface area contributed by atoms with E-state index in [9.17, 15) is 13.2 Å². The average Bonchev–Trinajstić information content (AvgIpc) is 2.54. The van der Waals surface area contributed by atoms with E-state index in [1.165, 1.54) is 0 Å². The molecule has 0 saturated carbocycles. The molecule has 0 atom stereocenters. The summed E-state index contributed by atoms with van der Waals surface area (Å²) in [4.78, 5) is 17.9. The van der Waals surface area contributed by atoms with Crippen LogP contribution in [0.5, 0.6) is 0 Å². The highest BCUT2D eigenvalue weighted by molar-refractivity contribution is 7.92. The fourth-order valence-corrected chi connectivity index (χ4v) is 4.11. The normalized spacial score (nSPS) is 19.5. The molecule has 0 spiro atoms. The van der Waals surface area contributed by atoms with Crippen LogP contribution < -0.4 is 11.1 Å². The highest BCUT2D eigenvalue weighted by Crippen LogP contribution is 2.23. The number of carbonyl (C=O) groups is 1. The Hall–Kier alpha value is -2.09. The van der Waals surface area contributed by atoms with Crippen molar-refractivity contribution in [3.05, 3.63) is 35.4 Å². The van der Waals surface area contributed by atoms with Gasteiger partial charge in [0.05, 0.1) is 17.0 Å². The van der Waals surface area contributed by atoms with Gasteiger partial charge in [-0.05, 0) is 38.5 Å². The van der Waals surface area contributed by atoms with Crippen molar-refractivity contribution in [2.24, 2.45) is 10.7 Å². The Labute approximate surface area is 149 Å². The second kappa shape index (κ2) is 7.43. The summed E-state index contributed by atoms with van der Waals surface area (Å²) in [5, 5.41) is 3.21. The summed E-state index contributed by atoms with van der Waals surface area (Å²) >= 11 is 0. The van der Waals surface area contributed by atoms with E-state index in [1.807, 2.05) is 17.9 Å². The molecular formula is C17H26N4O3S. The second-order valence-corrected chi connectivity index (χ2v) is 9.48. The minimum absolute atomic E-state index is 0.113.